The van der Waals surface area contributed by atoms with Gasteiger partial charge in [-0.2, -0.15) is 9.78 Å². The molecule has 2 aromatic carbocycles. The predicted octanol–water partition coefficient (Wildman–Crippen LogP) is 6.50. The molecular formula is C24H27Br2N3O3. The molecule has 0 radical (unpaired) electrons. The molecule has 8 heteroatoms. The van der Waals surface area contributed by atoms with Crippen LogP contribution in [-0.2, 0) is 0 Å². The number of hydrogen-bond acceptors (Lipinski definition) is 5. The fraction of sp³-hybridized carbons (Fsp3) is 0.375. The Bertz CT molecular complexity index is 1210. The summed E-state index contributed by atoms with van der Waals surface area (Å²) in [6.07, 6.45) is 2.49. The van der Waals surface area contributed by atoms with Gasteiger partial charge in [0.25, 0.3) is 5.56 Å². The van der Waals surface area contributed by atoms with Crippen LogP contribution >= 0.6 is 31.9 Å². The summed E-state index contributed by atoms with van der Waals surface area (Å²) in [5.41, 5.74) is 1.23. The fourth-order valence-corrected chi connectivity index (χ4v) is 4.09. The summed E-state index contributed by atoms with van der Waals surface area (Å²) < 4.78 is 14.7. The maximum Gasteiger partial charge on any atom is 0.282 e. The summed E-state index contributed by atoms with van der Waals surface area (Å²) in [6, 6.07) is 9.26. The molecule has 0 amide bonds. The SMILES string of the molecule is CCOc1cc(C=Nn2c([C@H](C)CC)nc3ccc(Br)cc3c2=O)cc(Br)c1OC(C)C. The minimum absolute atomic E-state index is 0.00434. The molecule has 0 aliphatic heterocycles. The molecule has 0 aliphatic carbocycles. The van der Waals surface area contributed by atoms with E-state index in [4.69, 9.17) is 14.5 Å². The molecule has 32 heavy (non-hydrogen) atoms. The Morgan fingerprint density at radius 2 is 1.91 bits per heavy atom. The zero-order valence-electron chi connectivity index (χ0n) is 18.9. The summed E-state index contributed by atoms with van der Waals surface area (Å²) in [5.74, 6) is 1.97. The molecule has 170 valence electrons. The van der Waals surface area contributed by atoms with Gasteiger partial charge >= 0.3 is 0 Å². The minimum Gasteiger partial charge on any atom is -0.490 e. The Kier molecular flexibility index (Phi) is 8.11. The molecule has 0 fully saturated rings. The van der Waals surface area contributed by atoms with Crippen LogP contribution in [0.2, 0.25) is 0 Å². The van der Waals surface area contributed by atoms with Crippen molar-refractivity contribution >= 4 is 49.0 Å². The highest BCUT2D eigenvalue weighted by molar-refractivity contribution is 9.10. The number of halogens is 2. The van der Waals surface area contributed by atoms with E-state index in [9.17, 15) is 4.79 Å². The van der Waals surface area contributed by atoms with Gasteiger partial charge in [-0.3, -0.25) is 4.79 Å². The summed E-state index contributed by atoms with van der Waals surface area (Å²) in [4.78, 5) is 18.0. The number of nitrogens with zero attached hydrogens (tertiary/aromatic N) is 3. The van der Waals surface area contributed by atoms with E-state index < -0.39 is 0 Å². The van der Waals surface area contributed by atoms with Gasteiger partial charge in [0.1, 0.15) is 5.82 Å². The number of hydrogen-bond donors (Lipinski definition) is 0. The highest BCUT2D eigenvalue weighted by Gasteiger charge is 2.16. The van der Waals surface area contributed by atoms with Crippen molar-refractivity contribution in [3.63, 3.8) is 0 Å². The molecule has 0 N–H and O–H groups in total. The lowest BCUT2D eigenvalue weighted by Crippen LogP contribution is -2.23. The van der Waals surface area contributed by atoms with E-state index in [2.05, 4.69) is 43.9 Å². The van der Waals surface area contributed by atoms with Gasteiger partial charge in [-0.05, 0) is 79.0 Å². The van der Waals surface area contributed by atoms with E-state index in [1.54, 1.807) is 12.3 Å². The highest BCUT2D eigenvalue weighted by Crippen LogP contribution is 2.37. The van der Waals surface area contributed by atoms with E-state index in [1.807, 2.05) is 52.0 Å². The van der Waals surface area contributed by atoms with E-state index in [-0.39, 0.29) is 17.6 Å². The van der Waals surface area contributed by atoms with Gasteiger partial charge in [0.15, 0.2) is 11.5 Å². The van der Waals surface area contributed by atoms with Crippen LogP contribution in [-0.4, -0.2) is 28.6 Å². The van der Waals surface area contributed by atoms with E-state index in [0.29, 0.717) is 34.8 Å². The normalized spacial score (nSPS) is 12.6. The zero-order chi connectivity index (χ0) is 23.4. The van der Waals surface area contributed by atoms with Crippen LogP contribution in [0.15, 0.2) is 49.2 Å². The number of rotatable bonds is 8. The lowest BCUT2D eigenvalue weighted by Gasteiger charge is -2.17. The molecule has 0 bridgehead atoms. The van der Waals surface area contributed by atoms with Gasteiger partial charge < -0.3 is 9.47 Å². The monoisotopic (exact) mass is 563 g/mol. The Morgan fingerprint density at radius 1 is 1.16 bits per heavy atom. The average molecular weight is 565 g/mol. The smallest absolute Gasteiger partial charge is 0.282 e. The molecule has 0 saturated heterocycles. The van der Waals surface area contributed by atoms with E-state index >= 15 is 0 Å². The highest BCUT2D eigenvalue weighted by atomic mass is 79.9. The molecular weight excluding hydrogens is 538 g/mol. The molecule has 0 aliphatic rings. The van der Waals surface area contributed by atoms with Crippen LogP contribution < -0.4 is 15.0 Å². The van der Waals surface area contributed by atoms with Gasteiger partial charge in [-0.25, -0.2) is 4.98 Å². The fourth-order valence-electron chi connectivity index (χ4n) is 3.18. The number of benzene rings is 2. The van der Waals surface area contributed by atoms with Crippen molar-refractivity contribution in [1.29, 1.82) is 0 Å². The van der Waals surface area contributed by atoms with Gasteiger partial charge in [0.05, 0.1) is 34.3 Å². The molecule has 0 spiro atoms. The number of fused-ring (bicyclic) bond motifs is 1. The Hall–Kier alpha value is -2.19. The van der Waals surface area contributed by atoms with Crippen molar-refractivity contribution in [1.82, 2.24) is 9.66 Å². The van der Waals surface area contributed by atoms with Crippen molar-refractivity contribution in [2.24, 2.45) is 5.10 Å². The quantitative estimate of drug-likeness (QED) is 0.293. The lowest BCUT2D eigenvalue weighted by atomic mass is 10.1. The first kappa shape index (κ1) is 24.5. The van der Waals surface area contributed by atoms with Crippen molar-refractivity contribution in [3.05, 3.63) is 61.0 Å². The molecule has 0 unspecified atom stereocenters. The summed E-state index contributed by atoms with van der Waals surface area (Å²) in [6.45, 7) is 10.5. The van der Waals surface area contributed by atoms with Gasteiger partial charge in [0.2, 0.25) is 0 Å². The average Bonchev–Trinajstić information content (AvgIpc) is 2.75. The Labute approximate surface area is 204 Å². The van der Waals surface area contributed by atoms with Crippen molar-refractivity contribution < 1.29 is 9.47 Å². The van der Waals surface area contributed by atoms with Crippen LogP contribution in [0.4, 0.5) is 0 Å². The summed E-state index contributed by atoms with van der Waals surface area (Å²) >= 11 is 7.01. The first-order valence-electron chi connectivity index (χ1n) is 10.6. The third-order valence-electron chi connectivity index (χ3n) is 4.89. The first-order valence-corrected chi connectivity index (χ1v) is 12.2. The van der Waals surface area contributed by atoms with Crippen LogP contribution in [0.3, 0.4) is 0 Å². The molecule has 1 aromatic heterocycles. The topological polar surface area (TPSA) is 65.7 Å². The number of ether oxygens (including phenoxy) is 2. The maximum atomic E-state index is 13.3. The second-order valence-corrected chi connectivity index (χ2v) is 9.50. The Morgan fingerprint density at radius 3 is 2.56 bits per heavy atom. The van der Waals surface area contributed by atoms with Crippen LogP contribution in [0.25, 0.3) is 10.9 Å². The molecule has 1 atom stereocenters. The van der Waals surface area contributed by atoms with E-state index in [1.165, 1.54) is 4.68 Å². The molecule has 0 saturated carbocycles. The number of aromatic nitrogens is 2. The zero-order valence-corrected chi connectivity index (χ0v) is 22.0. The molecule has 1 heterocycles. The van der Waals surface area contributed by atoms with Crippen molar-refractivity contribution in [2.75, 3.05) is 6.61 Å². The lowest BCUT2D eigenvalue weighted by molar-refractivity contribution is 0.222. The van der Waals surface area contributed by atoms with Crippen molar-refractivity contribution in [2.45, 2.75) is 53.1 Å². The van der Waals surface area contributed by atoms with E-state index in [0.717, 1.165) is 20.9 Å². The van der Waals surface area contributed by atoms with Gasteiger partial charge in [-0.15, -0.1) is 0 Å². The molecule has 3 aromatic rings. The van der Waals surface area contributed by atoms with Crippen molar-refractivity contribution in [3.8, 4) is 11.5 Å². The van der Waals surface area contributed by atoms with Crippen LogP contribution in [0.1, 0.15) is 58.3 Å². The minimum atomic E-state index is -0.202. The largest absolute Gasteiger partial charge is 0.490 e. The third-order valence-corrected chi connectivity index (χ3v) is 5.98. The van der Waals surface area contributed by atoms with Crippen LogP contribution in [0, 0.1) is 0 Å². The standard InChI is InChI=1S/C24H27Br2N3O3/c1-6-15(5)23-28-20-9-8-17(25)12-18(20)24(30)29(23)27-13-16-10-19(26)22(32-14(3)4)21(11-16)31-7-2/h8-15H,6-7H2,1-5H3/t15-/m1/s1. The van der Waals surface area contributed by atoms with Gasteiger partial charge in [-0.1, -0.05) is 29.8 Å². The molecule has 6 nitrogen and oxygen atoms in total. The predicted molar refractivity (Wildman–Crippen MR) is 136 cm³/mol. The van der Waals surface area contributed by atoms with Gasteiger partial charge in [0, 0.05) is 10.4 Å². The maximum absolute atomic E-state index is 13.3. The Balaban J connectivity index is 2.13. The summed E-state index contributed by atoms with van der Waals surface area (Å²) in [5, 5.41) is 5.06. The first-order chi connectivity index (χ1) is 15.2. The summed E-state index contributed by atoms with van der Waals surface area (Å²) in [7, 11) is 0. The van der Waals surface area contributed by atoms with Crippen LogP contribution in [0.5, 0.6) is 11.5 Å². The second-order valence-electron chi connectivity index (χ2n) is 7.73. The molecule has 3 rings (SSSR count). The third kappa shape index (κ3) is 5.41. The second kappa shape index (κ2) is 10.6.